The minimum absolute atomic E-state index is 0.270. The monoisotopic (exact) mass is 622 g/mol. The Hall–Kier alpha value is -3.23. The average Bonchev–Trinajstić information content (AvgIpc) is 3.06. The third-order valence-electron chi connectivity index (χ3n) is 8.15. The van der Waals surface area contributed by atoms with E-state index in [0.717, 1.165) is 103 Å². The number of benzene rings is 2. The molecule has 8 heteroatoms. The first-order valence-corrected chi connectivity index (χ1v) is 17.2. The molecule has 0 aliphatic rings. The van der Waals surface area contributed by atoms with Crippen molar-refractivity contribution in [2.24, 2.45) is 0 Å². The van der Waals surface area contributed by atoms with Crippen molar-refractivity contribution in [3.63, 3.8) is 0 Å². The molecule has 2 aromatic carbocycles. The van der Waals surface area contributed by atoms with Gasteiger partial charge in [-0.05, 0) is 101 Å². The molecular formula is C37H54N2O6. The fraction of sp³-hybridized carbons (Fsp3) is 0.595. The summed E-state index contributed by atoms with van der Waals surface area (Å²) in [5, 5.41) is 0.541. The highest BCUT2D eigenvalue weighted by molar-refractivity contribution is 5.99. The number of carbonyl (C=O) groups excluding carboxylic acids is 2. The number of carbonyl (C=O) groups is 2. The highest BCUT2D eigenvalue weighted by Crippen LogP contribution is 2.22. The van der Waals surface area contributed by atoms with E-state index in [-0.39, 0.29) is 16.2 Å². The van der Waals surface area contributed by atoms with E-state index in [1.807, 2.05) is 0 Å². The van der Waals surface area contributed by atoms with Gasteiger partial charge in [-0.1, -0.05) is 53.4 Å². The SMILES string of the molecule is CCCCN(CCCC)CCCOC(=O)c1ccc2oc3ccc(C(=O)OCCCN(CCCC)CCCC)cc3c(=O)c2c1. The number of ether oxygens (including phenoxy) is 2. The van der Waals surface area contributed by atoms with Gasteiger partial charge < -0.3 is 23.7 Å². The highest BCUT2D eigenvalue weighted by Gasteiger charge is 2.16. The Morgan fingerprint density at radius 2 is 0.933 bits per heavy atom. The van der Waals surface area contributed by atoms with E-state index >= 15 is 0 Å². The predicted molar refractivity (Wildman–Crippen MR) is 182 cm³/mol. The molecule has 0 unspecified atom stereocenters. The molecule has 0 atom stereocenters. The summed E-state index contributed by atoms with van der Waals surface area (Å²) < 4.78 is 17.1. The van der Waals surface area contributed by atoms with Gasteiger partial charge in [0.15, 0.2) is 0 Å². The van der Waals surface area contributed by atoms with Crippen LogP contribution in [0.2, 0.25) is 0 Å². The van der Waals surface area contributed by atoms with Crippen LogP contribution in [0.25, 0.3) is 21.9 Å². The van der Waals surface area contributed by atoms with E-state index in [4.69, 9.17) is 13.9 Å². The van der Waals surface area contributed by atoms with E-state index in [2.05, 4.69) is 37.5 Å². The Balaban J connectivity index is 1.62. The maximum atomic E-state index is 13.5. The van der Waals surface area contributed by atoms with Crippen LogP contribution in [-0.2, 0) is 9.47 Å². The summed E-state index contributed by atoms with van der Waals surface area (Å²) in [4.78, 5) is 44.0. The topological polar surface area (TPSA) is 89.3 Å². The first-order valence-electron chi connectivity index (χ1n) is 17.2. The standard InChI is InChI=1S/C37H54N2O6/c1-5-9-19-38(20-10-6-2)23-13-25-43-36(41)29-15-17-33-31(27-29)35(40)32-28-30(16-18-34(32)45-33)37(42)44-26-14-24-39(21-11-7-3)22-12-8-4/h15-18,27-28H,5-14,19-26H2,1-4H3. The zero-order valence-corrected chi connectivity index (χ0v) is 28.0. The van der Waals surface area contributed by atoms with Crippen LogP contribution in [0.4, 0.5) is 0 Å². The van der Waals surface area contributed by atoms with Crippen molar-refractivity contribution in [2.45, 2.75) is 91.9 Å². The first-order chi connectivity index (χ1) is 21.9. The summed E-state index contributed by atoms with van der Waals surface area (Å²) in [6.45, 7) is 15.5. The van der Waals surface area contributed by atoms with Gasteiger partial charge in [-0.25, -0.2) is 9.59 Å². The summed E-state index contributed by atoms with van der Waals surface area (Å²) in [5.41, 5.74) is 1.03. The second-order valence-corrected chi connectivity index (χ2v) is 11.9. The Kier molecular flexibility index (Phi) is 16.1. The van der Waals surface area contributed by atoms with E-state index in [1.54, 1.807) is 24.3 Å². The molecule has 0 fully saturated rings. The molecule has 248 valence electrons. The van der Waals surface area contributed by atoms with Crippen molar-refractivity contribution >= 4 is 33.9 Å². The molecule has 45 heavy (non-hydrogen) atoms. The number of fused-ring (bicyclic) bond motifs is 2. The number of esters is 2. The van der Waals surface area contributed by atoms with Crippen molar-refractivity contribution in [1.29, 1.82) is 0 Å². The van der Waals surface area contributed by atoms with Crippen LogP contribution in [0.1, 0.15) is 113 Å². The number of unbranched alkanes of at least 4 members (excludes halogenated alkanes) is 4. The van der Waals surface area contributed by atoms with Gasteiger partial charge in [-0.15, -0.1) is 0 Å². The van der Waals surface area contributed by atoms with Crippen LogP contribution in [0.15, 0.2) is 45.6 Å². The third kappa shape index (κ3) is 11.6. The zero-order chi connectivity index (χ0) is 32.4. The molecule has 8 nitrogen and oxygen atoms in total. The van der Waals surface area contributed by atoms with E-state index < -0.39 is 11.9 Å². The summed E-state index contributed by atoms with van der Waals surface area (Å²) in [6, 6.07) is 9.52. The average molecular weight is 623 g/mol. The maximum Gasteiger partial charge on any atom is 0.338 e. The Bertz CT molecular complexity index is 1280. The summed E-state index contributed by atoms with van der Waals surface area (Å²) in [7, 11) is 0. The number of nitrogens with zero attached hydrogens (tertiary/aromatic N) is 2. The molecule has 1 aromatic heterocycles. The smallest absolute Gasteiger partial charge is 0.338 e. The van der Waals surface area contributed by atoms with Crippen molar-refractivity contribution in [2.75, 3.05) is 52.5 Å². The van der Waals surface area contributed by atoms with Gasteiger partial charge in [-0.3, -0.25) is 4.79 Å². The van der Waals surface area contributed by atoms with Gasteiger partial charge >= 0.3 is 11.9 Å². The third-order valence-corrected chi connectivity index (χ3v) is 8.15. The molecule has 0 saturated carbocycles. The van der Waals surface area contributed by atoms with Gasteiger partial charge in [0.25, 0.3) is 0 Å². The van der Waals surface area contributed by atoms with Crippen LogP contribution in [0.5, 0.6) is 0 Å². The molecule has 0 N–H and O–H groups in total. The number of hydrogen-bond donors (Lipinski definition) is 0. The van der Waals surface area contributed by atoms with Crippen molar-refractivity contribution in [1.82, 2.24) is 9.80 Å². The fourth-order valence-corrected chi connectivity index (χ4v) is 5.38. The van der Waals surface area contributed by atoms with Gasteiger partial charge in [0, 0.05) is 13.1 Å². The lowest BCUT2D eigenvalue weighted by Gasteiger charge is -2.21. The zero-order valence-electron chi connectivity index (χ0n) is 28.0. The Morgan fingerprint density at radius 3 is 1.29 bits per heavy atom. The minimum Gasteiger partial charge on any atom is -0.462 e. The second kappa shape index (κ2) is 20.0. The lowest BCUT2D eigenvalue weighted by molar-refractivity contribution is 0.0478. The molecular weight excluding hydrogens is 568 g/mol. The molecule has 0 spiro atoms. The van der Waals surface area contributed by atoms with Crippen LogP contribution < -0.4 is 5.43 Å². The summed E-state index contributed by atoms with van der Waals surface area (Å²) >= 11 is 0. The number of rotatable bonds is 22. The highest BCUT2D eigenvalue weighted by atomic mass is 16.5. The van der Waals surface area contributed by atoms with Gasteiger partial charge in [0.1, 0.15) is 11.2 Å². The Labute approximate surface area is 269 Å². The normalized spacial score (nSPS) is 11.6. The summed E-state index contributed by atoms with van der Waals surface area (Å²) in [5.74, 6) is -0.935. The van der Waals surface area contributed by atoms with Crippen molar-refractivity contribution < 1.29 is 23.5 Å². The lowest BCUT2D eigenvalue weighted by Crippen LogP contribution is -2.28. The predicted octanol–water partition coefficient (Wildman–Crippen LogP) is 7.84. The molecule has 3 rings (SSSR count). The van der Waals surface area contributed by atoms with E-state index in [9.17, 15) is 14.4 Å². The maximum absolute atomic E-state index is 13.5. The second-order valence-electron chi connectivity index (χ2n) is 11.9. The van der Waals surface area contributed by atoms with Crippen molar-refractivity contribution in [3.8, 4) is 0 Å². The molecule has 0 aliphatic carbocycles. The first kappa shape index (κ1) is 36.2. The largest absolute Gasteiger partial charge is 0.462 e. The van der Waals surface area contributed by atoms with Gasteiger partial charge in [0.2, 0.25) is 5.43 Å². The van der Waals surface area contributed by atoms with Gasteiger partial charge in [0.05, 0.1) is 35.1 Å². The minimum atomic E-state index is -0.467. The molecule has 0 amide bonds. The molecule has 0 saturated heterocycles. The van der Waals surface area contributed by atoms with Crippen LogP contribution >= 0.6 is 0 Å². The van der Waals surface area contributed by atoms with E-state index in [1.165, 1.54) is 12.1 Å². The summed E-state index contributed by atoms with van der Waals surface area (Å²) in [6.07, 6.45) is 10.8. The van der Waals surface area contributed by atoms with Crippen LogP contribution in [0.3, 0.4) is 0 Å². The molecule has 0 bridgehead atoms. The van der Waals surface area contributed by atoms with Crippen LogP contribution in [-0.4, -0.2) is 74.2 Å². The molecule has 1 heterocycles. The molecule has 3 aromatic rings. The van der Waals surface area contributed by atoms with E-state index in [0.29, 0.717) is 35.5 Å². The van der Waals surface area contributed by atoms with Gasteiger partial charge in [-0.2, -0.15) is 0 Å². The fourth-order valence-electron chi connectivity index (χ4n) is 5.38. The van der Waals surface area contributed by atoms with Crippen LogP contribution in [0, 0.1) is 0 Å². The quantitative estimate of drug-likeness (QED) is 0.0636. The number of hydrogen-bond acceptors (Lipinski definition) is 8. The Morgan fingerprint density at radius 1 is 0.578 bits per heavy atom. The molecule has 0 radical (unpaired) electrons. The molecule has 0 aliphatic heterocycles. The lowest BCUT2D eigenvalue weighted by atomic mass is 10.1. The van der Waals surface area contributed by atoms with Crippen molar-refractivity contribution in [3.05, 3.63) is 57.7 Å².